The van der Waals surface area contributed by atoms with Crippen molar-refractivity contribution >= 4 is 11.9 Å². The fourth-order valence-corrected chi connectivity index (χ4v) is 3.79. The van der Waals surface area contributed by atoms with E-state index in [9.17, 15) is 27.2 Å². The Morgan fingerprint density at radius 3 is 2.52 bits per heavy atom. The van der Waals surface area contributed by atoms with Gasteiger partial charge in [-0.25, -0.2) is 18.6 Å². The van der Waals surface area contributed by atoms with Gasteiger partial charge in [-0.1, -0.05) is 6.07 Å². The Kier molecular flexibility index (Phi) is 8.93. The van der Waals surface area contributed by atoms with Crippen LogP contribution in [0.2, 0.25) is 0 Å². The Bertz CT molecular complexity index is 1380. The van der Waals surface area contributed by atoms with Crippen LogP contribution < -0.4 is 20.5 Å². The lowest BCUT2D eigenvalue weighted by Crippen LogP contribution is -2.36. The number of rotatable bonds is 12. The second kappa shape index (κ2) is 12.4. The minimum atomic E-state index is -3.07. The van der Waals surface area contributed by atoms with Gasteiger partial charge in [0.05, 0.1) is 19.3 Å². The third-order valence-corrected chi connectivity index (χ3v) is 5.93. The maximum Gasteiger partial charge on any atom is 0.387 e. The molecule has 1 fully saturated rings. The fourth-order valence-electron chi connectivity index (χ4n) is 3.79. The average Bonchev–Trinajstić information content (AvgIpc) is 3.61. The first kappa shape index (κ1) is 28.9. The molecule has 0 spiro atoms. The van der Waals surface area contributed by atoms with Crippen molar-refractivity contribution in [1.82, 2.24) is 10.3 Å². The molecule has 1 heterocycles. The molecule has 9 nitrogen and oxygen atoms in total. The number of ether oxygens (including phenoxy) is 3. The third-order valence-electron chi connectivity index (χ3n) is 5.93. The number of benzene rings is 2. The molecule has 1 aromatic heterocycles. The number of nitrogens with one attached hydrogen (secondary N) is 1. The van der Waals surface area contributed by atoms with Crippen LogP contribution in [0.15, 0.2) is 40.8 Å². The Morgan fingerprint density at radius 1 is 1.15 bits per heavy atom. The number of hydrogen-bond donors (Lipinski definition) is 2. The quantitative estimate of drug-likeness (QED) is 0.231. The zero-order valence-corrected chi connectivity index (χ0v) is 21.6. The van der Waals surface area contributed by atoms with Crippen molar-refractivity contribution in [2.75, 3.05) is 13.2 Å². The van der Waals surface area contributed by atoms with Gasteiger partial charge in [0.15, 0.2) is 29.0 Å². The zero-order chi connectivity index (χ0) is 29.0. The average molecular weight is 566 g/mol. The maximum atomic E-state index is 14.5. The highest BCUT2D eigenvalue weighted by molar-refractivity contribution is 5.97. The third kappa shape index (κ3) is 6.89. The summed E-state index contributed by atoms with van der Waals surface area (Å²) in [7, 11) is 0. The Labute approximate surface area is 226 Å². The van der Waals surface area contributed by atoms with Crippen LogP contribution >= 0.6 is 0 Å². The van der Waals surface area contributed by atoms with E-state index in [1.54, 1.807) is 0 Å². The van der Waals surface area contributed by atoms with Crippen LogP contribution in [0.5, 0.6) is 11.5 Å². The fraction of sp³-hybridized carbons (Fsp3) is 0.370. The molecule has 3 N–H and O–H groups in total. The van der Waals surface area contributed by atoms with Crippen LogP contribution in [-0.2, 0) is 9.53 Å². The number of carbonyl (C=O) groups is 2. The molecule has 3 aromatic rings. The van der Waals surface area contributed by atoms with Crippen molar-refractivity contribution < 1.29 is 45.8 Å². The molecule has 0 aliphatic heterocycles. The number of esters is 1. The highest BCUT2D eigenvalue weighted by atomic mass is 19.3. The maximum absolute atomic E-state index is 14.5. The molecule has 0 radical (unpaired) electrons. The number of halogens is 4. The molecule has 1 unspecified atom stereocenters. The van der Waals surface area contributed by atoms with Gasteiger partial charge in [-0.2, -0.15) is 8.78 Å². The molecule has 40 heavy (non-hydrogen) atoms. The van der Waals surface area contributed by atoms with E-state index in [2.05, 4.69) is 15.0 Å². The minimum absolute atomic E-state index is 0.0328. The van der Waals surface area contributed by atoms with Crippen molar-refractivity contribution in [3.8, 4) is 23.0 Å². The molecule has 0 bridgehead atoms. The molecule has 1 saturated carbocycles. The van der Waals surface area contributed by atoms with E-state index in [4.69, 9.17) is 19.6 Å². The smallest absolute Gasteiger partial charge is 0.387 e. The van der Waals surface area contributed by atoms with Gasteiger partial charge in [-0.3, -0.25) is 4.79 Å². The SMILES string of the molecule is CCOC(=O)C(NC(=O)c1nc(-c2ccc(OC(F)F)c(OCC3CC3)c2)oc1[C@H](C)N)c1ccc(F)cc1F. The van der Waals surface area contributed by atoms with E-state index in [1.165, 1.54) is 32.0 Å². The highest BCUT2D eigenvalue weighted by Gasteiger charge is 2.31. The number of carbonyl (C=O) groups excluding carboxylic acids is 2. The molecular weight excluding hydrogens is 538 g/mol. The van der Waals surface area contributed by atoms with Gasteiger partial charge in [0.1, 0.15) is 11.6 Å². The number of oxazole rings is 1. The van der Waals surface area contributed by atoms with Crippen LogP contribution in [0.3, 0.4) is 0 Å². The lowest BCUT2D eigenvalue weighted by molar-refractivity contribution is -0.145. The summed E-state index contributed by atoms with van der Waals surface area (Å²) in [6.45, 7) is 0.212. The van der Waals surface area contributed by atoms with Crippen LogP contribution in [0.4, 0.5) is 17.6 Å². The molecule has 2 aromatic carbocycles. The molecule has 13 heteroatoms. The monoisotopic (exact) mass is 565 g/mol. The summed E-state index contributed by atoms with van der Waals surface area (Å²) >= 11 is 0. The van der Waals surface area contributed by atoms with E-state index < -0.39 is 42.2 Å². The number of nitrogens with two attached hydrogens (primary N) is 1. The van der Waals surface area contributed by atoms with Crippen LogP contribution in [-0.4, -0.2) is 36.7 Å². The van der Waals surface area contributed by atoms with E-state index in [-0.39, 0.29) is 46.6 Å². The van der Waals surface area contributed by atoms with Crippen LogP contribution in [0.25, 0.3) is 11.5 Å². The summed E-state index contributed by atoms with van der Waals surface area (Å²) in [6.07, 6.45) is 1.94. The summed E-state index contributed by atoms with van der Waals surface area (Å²) in [6, 6.07) is 4.05. The largest absolute Gasteiger partial charge is 0.489 e. The van der Waals surface area contributed by atoms with E-state index in [0.717, 1.165) is 25.0 Å². The van der Waals surface area contributed by atoms with Crippen LogP contribution in [0, 0.1) is 17.6 Å². The lowest BCUT2D eigenvalue weighted by Gasteiger charge is -2.18. The first-order valence-corrected chi connectivity index (χ1v) is 12.5. The lowest BCUT2D eigenvalue weighted by atomic mass is 10.1. The van der Waals surface area contributed by atoms with E-state index in [1.807, 2.05) is 0 Å². The number of nitrogens with zero attached hydrogens (tertiary/aromatic N) is 1. The number of aromatic nitrogens is 1. The normalized spacial score (nSPS) is 14.5. The second-order valence-electron chi connectivity index (χ2n) is 9.14. The molecule has 2 atom stereocenters. The summed E-state index contributed by atoms with van der Waals surface area (Å²) in [5.74, 6) is -3.88. The van der Waals surface area contributed by atoms with Gasteiger partial charge in [0.25, 0.3) is 5.91 Å². The van der Waals surface area contributed by atoms with E-state index >= 15 is 0 Å². The molecule has 4 rings (SSSR count). The standard InChI is InChI=1S/C27H27F4N3O6/c1-3-37-26(36)21(17-8-7-16(28)11-18(17)29)33-24(35)22-23(13(2)32)40-25(34-22)15-6-9-19(39-27(30)31)20(10-15)38-12-14-4-5-14/h6-11,13-14,21,27H,3-5,12,32H2,1-2H3,(H,33,35)/t13-,21?/m0/s1. The van der Waals surface area contributed by atoms with Crippen molar-refractivity contribution in [1.29, 1.82) is 0 Å². The number of alkyl halides is 2. The van der Waals surface area contributed by atoms with Gasteiger partial charge in [-0.05, 0) is 56.9 Å². The first-order valence-electron chi connectivity index (χ1n) is 12.5. The van der Waals surface area contributed by atoms with E-state index in [0.29, 0.717) is 18.6 Å². The van der Waals surface area contributed by atoms with Crippen molar-refractivity contribution in [2.45, 2.75) is 45.4 Å². The Morgan fingerprint density at radius 2 is 1.90 bits per heavy atom. The molecule has 214 valence electrons. The second-order valence-corrected chi connectivity index (χ2v) is 9.14. The topological polar surface area (TPSA) is 126 Å². The Balaban J connectivity index is 1.66. The van der Waals surface area contributed by atoms with Gasteiger partial charge < -0.3 is 29.7 Å². The van der Waals surface area contributed by atoms with Crippen molar-refractivity contribution in [3.05, 3.63) is 65.1 Å². The van der Waals surface area contributed by atoms with Gasteiger partial charge >= 0.3 is 12.6 Å². The predicted molar refractivity (Wildman–Crippen MR) is 133 cm³/mol. The minimum Gasteiger partial charge on any atom is -0.489 e. The molecule has 0 saturated heterocycles. The molecule has 1 aliphatic rings. The van der Waals surface area contributed by atoms with Gasteiger partial charge in [-0.15, -0.1) is 0 Å². The number of amides is 1. The predicted octanol–water partition coefficient (Wildman–Crippen LogP) is 5.06. The summed E-state index contributed by atoms with van der Waals surface area (Å²) in [5.41, 5.74) is 5.62. The summed E-state index contributed by atoms with van der Waals surface area (Å²) < 4.78 is 74.8. The van der Waals surface area contributed by atoms with Gasteiger partial charge in [0, 0.05) is 17.2 Å². The van der Waals surface area contributed by atoms with Crippen LogP contribution in [0.1, 0.15) is 60.6 Å². The Hall–Kier alpha value is -4.13. The first-order chi connectivity index (χ1) is 19.1. The number of hydrogen-bond acceptors (Lipinski definition) is 8. The zero-order valence-electron chi connectivity index (χ0n) is 21.6. The van der Waals surface area contributed by atoms with Crippen molar-refractivity contribution in [3.63, 3.8) is 0 Å². The highest BCUT2D eigenvalue weighted by Crippen LogP contribution is 2.37. The molecule has 1 aliphatic carbocycles. The summed E-state index contributed by atoms with van der Waals surface area (Å²) in [5, 5.41) is 2.35. The van der Waals surface area contributed by atoms with Crippen molar-refractivity contribution in [2.24, 2.45) is 11.7 Å². The summed E-state index contributed by atoms with van der Waals surface area (Å²) in [4.78, 5) is 30.1. The van der Waals surface area contributed by atoms with Gasteiger partial charge in [0.2, 0.25) is 5.89 Å². The molecule has 1 amide bonds. The molecular formula is C27H27F4N3O6.